The molecule has 5 N–H and O–H groups in total. The van der Waals surface area contributed by atoms with Gasteiger partial charge in [0.25, 0.3) is 0 Å². The average Bonchev–Trinajstić information content (AvgIpc) is 2.68. The van der Waals surface area contributed by atoms with E-state index < -0.39 is 11.6 Å². The molecule has 0 unspecified atom stereocenters. The highest BCUT2D eigenvalue weighted by atomic mass is 16.4. The van der Waals surface area contributed by atoms with Gasteiger partial charge >= 0.3 is 5.97 Å². The zero-order valence-corrected chi connectivity index (χ0v) is 16.0. The fourth-order valence-corrected chi connectivity index (χ4v) is 4.69. The number of piperidine rings is 1. The first kappa shape index (κ1) is 18.6. The third-order valence-corrected chi connectivity index (χ3v) is 6.17. The van der Waals surface area contributed by atoms with E-state index in [0.717, 1.165) is 50.1 Å². The third kappa shape index (κ3) is 3.39. The number of carboxylic acids is 1. The topological polar surface area (TPSA) is 121 Å². The number of aliphatic imine (C=N–C) groups is 2. The number of hydrogen-bond donors (Lipinski definition) is 3. The number of carboxylic acid groups (broad SMARTS) is 1. The van der Waals surface area contributed by atoms with Crippen LogP contribution in [0.2, 0.25) is 0 Å². The normalized spacial score (nSPS) is 22.7. The highest BCUT2D eigenvalue weighted by Gasteiger charge is 2.42. The molecule has 1 aliphatic carbocycles. The van der Waals surface area contributed by atoms with E-state index in [4.69, 9.17) is 16.5 Å². The smallest absolute Gasteiger partial charge is 0.306 e. The Morgan fingerprint density at radius 1 is 1.04 bits per heavy atom. The molecule has 28 heavy (non-hydrogen) atoms. The van der Waals surface area contributed by atoms with Crippen LogP contribution >= 0.6 is 0 Å². The quantitative estimate of drug-likeness (QED) is 0.734. The van der Waals surface area contributed by atoms with Crippen molar-refractivity contribution < 1.29 is 9.90 Å². The number of benzene rings is 1. The van der Waals surface area contributed by atoms with Gasteiger partial charge in [-0.3, -0.25) is 9.69 Å². The van der Waals surface area contributed by atoms with Gasteiger partial charge in [0.05, 0.1) is 5.92 Å². The van der Waals surface area contributed by atoms with Gasteiger partial charge in [-0.05, 0) is 62.8 Å². The molecular formula is C20H28N6O2. The van der Waals surface area contributed by atoms with Crippen molar-refractivity contribution in [2.45, 2.75) is 50.6 Å². The number of guanidine groups is 2. The first-order valence-corrected chi connectivity index (χ1v) is 10.1. The highest BCUT2D eigenvalue weighted by molar-refractivity contribution is 6.05. The average molecular weight is 384 g/mol. The first-order valence-electron chi connectivity index (χ1n) is 10.1. The molecule has 2 heterocycles. The van der Waals surface area contributed by atoms with Crippen molar-refractivity contribution in [1.82, 2.24) is 0 Å². The van der Waals surface area contributed by atoms with Crippen LogP contribution in [-0.4, -0.2) is 41.7 Å². The lowest BCUT2D eigenvalue weighted by molar-refractivity contribution is -0.142. The lowest BCUT2D eigenvalue weighted by atomic mass is 9.87. The van der Waals surface area contributed by atoms with Crippen molar-refractivity contribution >= 4 is 29.3 Å². The van der Waals surface area contributed by atoms with Crippen molar-refractivity contribution in [3.63, 3.8) is 0 Å². The highest BCUT2D eigenvalue weighted by Crippen LogP contribution is 2.40. The molecule has 8 heteroatoms. The van der Waals surface area contributed by atoms with Gasteiger partial charge in [0, 0.05) is 24.5 Å². The molecule has 8 nitrogen and oxygen atoms in total. The van der Waals surface area contributed by atoms with Crippen LogP contribution in [-0.2, 0) is 4.79 Å². The third-order valence-electron chi connectivity index (χ3n) is 6.17. The number of carbonyl (C=O) groups is 1. The molecule has 1 saturated heterocycles. The number of nitrogens with zero attached hydrogens (tertiary/aromatic N) is 4. The lowest BCUT2D eigenvalue weighted by Crippen LogP contribution is -2.58. The van der Waals surface area contributed by atoms with Crippen LogP contribution in [0.3, 0.4) is 0 Å². The van der Waals surface area contributed by atoms with E-state index in [-0.39, 0.29) is 11.9 Å². The Labute approximate surface area is 164 Å². The van der Waals surface area contributed by atoms with E-state index in [1.807, 2.05) is 17.0 Å². The number of aliphatic carboxylic acids is 1. The van der Waals surface area contributed by atoms with Gasteiger partial charge in [0.1, 0.15) is 5.66 Å². The Balaban J connectivity index is 1.54. The Morgan fingerprint density at radius 3 is 2.25 bits per heavy atom. The molecule has 2 fully saturated rings. The molecule has 0 bridgehead atoms. The Kier molecular flexibility index (Phi) is 4.87. The van der Waals surface area contributed by atoms with Crippen molar-refractivity contribution in [2.24, 2.45) is 27.4 Å². The Hall–Kier alpha value is -2.77. The van der Waals surface area contributed by atoms with E-state index >= 15 is 0 Å². The standard InChI is InChI=1S/C20H28N6O2/c21-18-23-19(22)26(20(24-18)10-2-1-3-11-20)16-6-4-15(5-7-16)25-12-8-14(9-13-25)17(27)28/h4-7,14H,1-3,8-13H2,(H,27,28)(H4,21,22,23,24). The Morgan fingerprint density at radius 2 is 1.64 bits per heavy atom. The van der Waals surface area contributed by atoms with Gasteiger partial charge in [-0.15, -0.1) is 0 Å². The molecule has 1 saturated carbocycles. The van der Waals surface area contributed by atoms with Gasteiger partial charge in [-0.2, -0.15) is 4.99 Å². The van der Waals surface area contributed by atoms with Crippen LogP contribution in [0.15, 0.2) is 34.3 Å². The molecule has 1 aromatic carbocycles. The molecule has 0 radical (unpaired) electrons. The summed E-state index contributed by atoms with van der Waals surface area (Å²) in [4.78, 5) is 24.3. The molecule has 1 spiro atoms. The summed E-state index contributed by atoms with van der Waals surface area (Å²) in [5.41, 5.74) is 13.8. The second-order valence-corrected chi connectivity index (χ2v) is 7.93. The van der Waals surface area contributed by atoms with Crippen LogP contribution < -0.4 is 21.3 Å². The summed E-state index contributed by atoms with van der Waals surface area (Å²) in [6.07, 6.45) is 6.57. The molecule has 0 atom stereocenters. The molecule has 4 rings (SSSR count). The maximum Gasteiger partial charge on any atom is 0.306 e. The SMILES string of the molecule is NC1=NC2(CCCCC2)N(c2ccc(N3CCC(C(=O)O)CC3)cc2)C(N)=N1. The summed E-state index contributed by atoms with van der Waals surface area (Å²) in [6.45, 7) is 1.52. The molecule has 0 aromatic heterocycles. The van der Waals surface area contributed by atoms with Gasteiger partial charge in [-0.25, -0.2) is 4.99 Å². The number of hydrogen-bond acceptors (Lipinski definition) is 7. The van der Waals surface area contributed by atoms with Crippen LogP contribution in [0.25, 0.3) is 0 Å². The van der Waals surface area contributed by atoms with E-state index in [1.165, 1.54) is 6.42 Å². The minimum Gasteiger partial charge on any atom is -0.481 e. The van der Waals surface area contributed by atoms with E-state index in [0.29, 0.717) is 18.8 Å². The zero-order chi connectivity index (χ0) is 19.7. The van der Waals surface area contributed by atoms with Gasteiger partial charge in [0.15, 0.2) is 0 Å². The van der Waals surface area contributed by atoms with Crippen molar-refractivity contribution in [3.8, 4) is 0 Å². The van der Waals surface area contributed by atoms with Crippen molar-refractivity contribution in [1.29, 1.82) is 0 Å². The fraction of sp³-hybridized carbons (Fsp3) is 0.550. The Bertz CT molecular complexity index is 789. The van der Waals surface area contributed by atoms with Gasteiger partial charge in [0.2, 0.25) is 11.9 Å². The van der Waals surface area contributed by atoms with E-state index in [2.05, 4.69) is 22.0 Å². The maximum atomic E-state index is 11.2. The minimum atomic E-state index is -0.688. The summed E-state index contributed by atoms with van der Waals surface area (Å²) >= 11 is 0. The summed E-state index contributed by atoms with van der Waals surface area (Å²) in [5, 5.41) is 9.17. The van der Waals surface area contributed by atoms with Crippen LogP contribution in [0.5, 0.6) is 0 Å². The van der Waals surface area contributed by atoms with Crippen LogP contribution in [0.1, 0.15) is 44.9 Å². The van der Waals surface area contributed by atoms with E-state index in [9.17, 15) is 9.90 Å². The van der Waals surface area contributed by atoms with Crippen molar-refractivity contribution in [3.05, 3.63) is 24.3 Å². The van der Waals surface area contributed by atoms with E-state index in [1.54, 1.807) is 0 Å². The number of anilines is 2. The van der Waals surface area contributed by atoms with Crippen LogP contribution in [0.4, 0.5) is 11.4 Å². The van der Waals surface area contributed by atoms with Gasteiger partial charge < -0.3 is 21.5 Å². The summed E-state index contributed by atoms with van der Waals surface area (Å²) in [6, 6.07) is 8.24. The predicted molar refractivity (Wildman–Crippen MR) is 111 cm³/mol. The number of rotatable bonds is 3. The molecule has 3 aliphatic rings. The minimum absolute atomic E-state index is 0.227. The predicted octanol–water partition coefficient (Wildman–Crippen LogP) is 2.10. The molecule has 1 aromatic rings. The maximum absolute atomic E-state index is 11.2. The molecule has 150 valence electrons. The monoisotopic (exact) mass is 384 g/mol. The molecule has 0 amide bonds. The second kappa shape index (κ2) is 7.33. The van der Waals surface area contributed by atoms with Gasteiger partial charge in [-0.1, -0.05) is 6.42 Å². The fourth-order valence-electron chi connectivity index (χ4n) is 4.69. The second-order valence-electron chi connectivity index (χ2n) is 7.93. The summed E-state index contributed by atoms with van der Waals surface area (Å²) in [5.74, 6) is -0.264. The molecular weight excluding hydrogens is 356 g/mol. The first-order chi connectivity index (χ1) is 13.5. The van der Waals surface area contributed by atoms with Crippen LogP contribution in [0, 0.1) is 5.92 Å². The number of nitrogens with two attached hydrogens (primary N) is 2. The van der Waals surface area contributed by atoms with Crippen molar-refractivity contribution in [2.75, 3.05) is 22.9 Å². The lowest BCUT2D eigenvalue weighted by Gasteiger charge is -2.45. The summed E-state index contributed by atoms with van der Waals surface area (Å²) in [7, 11) is 0. The zero-order valence-electron chi connectivity index (χ0n) is 16.0. The largest absolute Gasteiger partial charge is 0.481 e. The molecule has 2 aliphatic heterocycles. The summed E-state index contributed by atoms with van der Waals surface area (Å²) < 4.78 is 0.